The second-order valence-corrected chi connectivity index (χ2v) is 5.83. The Morgan fingerprint density at radius 3 is 2.84 bits per heavy atom. The number of imidazole rings is 1. The number of hydrogen-bond acceptors (Lipinski definition) is 5. The number of anilines is 1. The van der Waals surface area contributed by atoms with Gasteiger partial charge in [0, 0.05) is 23.5 Å². The van der Waals surface area contributed by atoms with Gasteiger partial charge in [-0.05, 0) is 30.7 Å². The van der Waals surface area contributed by atoms with Gasteiger partial charge in [0.25, 0.3) is 0 Å². The minimum atomic E-state index is -0.0546. The van der Waals surface area contributed by atoms with Crippen LogP contribution in [0, 0.1) is 0 Å². The van der Waals surface area contributed by atoms with Gasteiger partial charge in [-0.1, -0.05) is 30.3 Å². The van der Waals surface area contributed by atoms with Crippen molar-refractivity contribution in [3.8, 4) is 5.88 Å². The maximum absolute atomic E-state index is 10.1. The normalized spacial score (nSPS) is 15.3. The topological polar surface area (TPSA) is 86.2 Å². The Hall–Kier alpha value is -3.41. The molecule has 6 nitrogen and oxygen atoms in total. The van der Waals surface area contributed by atoms with Gasteiger partial charge in [0.15, 0.2) is 5.82 Å². The van der Waals surface area contributed by atoms with Crippen LogP contribution in [-0.2, 0) is 0 Å². The third kappa shape index (κ3) is 3.01. The molecule has 3 aromatic rings. The predicted octanol–water partition coefficient (Wildman–Crippen LogP) is 3.94. The molecule has 25 heavy (non-hydrogen) atoms. The molecule has 0 bridgehead atoms. The van der Waals surface area contributed by atoms with E-state index in [2.05, 4.69) is 25.3 Å². The summed E-state index contributed by atoms with van der Waals surface area (Å²) in [6.45, 7) is 2.04. The molecule has 4 rings (SSSR count). The zero-order valence-electron chi connectivity index (χ0n) is 13.6. The van der Waals surface area contributed by atoms with Crippen molar-refractivity contribution in [2.45, 2.75) is 13.0 Å². The Labute approximate surface area is 145 Å². The van der Waals surface area contributed by atoms with E-state index < -0.39 is 0 Å². The smallest absolute Gasteiger partial charge is 0.238 e. The summed E-state index contributed by atoms with van der Waals surface area (Å²) < 4.78 is 0. The predicted molar refractivity (Wildman–Crippen MR) is 99.0 cm³/mol. The highest BCUT2D eigenvalue weighted by Crippen LogP contribution is 2.31. The molecule has 0 aliphatic carbocycles. The summed E-state index contributed by atoms with van der Waals surface area (Å²) in [6, 6.07) is 13.9. The number of nitrogens with one attached hydrogen (secondary N) is 2. The van der Waals surface area contributed by atoms with Crippen molar-refractivity contribution in [3.63, 3.8) is 0 Å². The number of benzene rings is 1. The van der Waals surface area contributed by atoms with Crippen LogP contribution in [0.4, 0.5) is 11.8 Å². The van der Waals surface area contributed by atoms with Crippen LogP contribution in [0.3, 0.4) is 0 Å². The number of H-pyrrole nitrogens is 1. The van der Waals surface area contributed by atoms with E-state index >= 15 is 0 Å². The molecule has 0 amide bonds. The second-order valence-electron chi connectivity index (χ2n) is 5.83. The first-order valence-corrected chi connectivity index (χ1v) is 8.02. The van der Waals surface area contributed by atoms with Gasteiger partial charge < -0.3 is 15.4 Å². The van der Waals surface area contributed by atoms with E-state index in [1.807, 2.05) is 55.5 Å². The SMILES string of the molecule is C[C@H](Nc1nc(O)c(C=C2C=Nc3ncccc32)[nH]1)c1ccccc1. The van der Waals surface area contributed by atoms with Crippen molar-refractivity contribution in [2.24, 2.45) is 4.99 Å². The molecule has 0 radical (unpaired) electrons. The Kier molecular flexibility index (Phi) is 3.78. The Morgan fingerprint density at radius 1 is 1.16 bits per heavy atom. The Morgan fingerprint density at radius 2 is 2.00 bits per heavy atom. The largest absolute Gasteiger partial charge is 0.492 e. The first-order chi connectivity index (χ1) is 12.2. The lowest BCUT2D eigenvalue weighted by molar-refractivity contribution is 0.455. The molecule has 1 aromatic carbocycles. The summed E-state index contributed by atoms with van der Waals surface area (Å²) in [6.07, 6.45) is 5.26. The number of rotatable bonds is 4. The molecule has 3 N–H and O–H groups in total. The van der Waals surface area contributed by atoms with Crippen molar-refractivity contribution in [1.29, 1.82) is 0 Å². The third-order valence-electron chi connectivity index (χ3n) is 4.09. The second kappa shape index (κ2) is 6.24. The fourth-order valence-electron chi connectivity index (χ4n) is 2.77. The molecule has 3 heterocycles. The molecule has 0 fully saturated rings. The molecule has 1 aliphatic heterocycles. The highest BCUT2D eigenvalue weighted by atomic mass is 16.3. The molecule has 124 valence electrons. The average molecular weight is 331 g/mol. The standard InChI is InChI=1S/C19H17N5O/c1-12(13-6-3-2-4-7-13)22-19-23-16(18(25)24-19)10-14-11-21-17-15(14)8-5-9-20-17/h2-12,25H,1H3,(H2,22,23,24)/t12-/m0/s1. The number of aromatic hydroxyl groups is 1. The maximum Gasteiger partial charge on any atom is 0.238 e. The van der Waals surface area contributed by atoms with E-state index in [9.17, 15) is 5.11 Å². The number of hydrogen-bond donors (Lipinski definition) is 3. The van der Waals surface area contributed by atoms with E-state index in [4.69, 9.17) is 0 Å². The van der Waals surface area contributed by atoms with Crippen molar-refractivity contribution >= 4 is 29.6 Å². The average Bonchev–Trinajstić information content (AvgIpc) is 3.20. The van der Waals surface area contributed by atoms with E-state index in [0.29, 0.717) is 17.5 Å². The van der Waals surface area contributed by atoms with Crippen LogP contribution in [0.5, 0.6) is 5.88 Å². The minimum absolute atomic E-state index is 0.0546. The molecule has 6 heteroatoms. The summed E-state index contributed by atoms with van der Waals surface area (Å²) in [5.41, 5.74) is 3.48. The summed E-state index contributed by atoms with van der Waals surface area (Å²) in [5.74, 6) is 1.15. The first kappa shape index (κ1) is 15.1. The number of fused-ring (bicyclic) bond motifs is 1. The minimum Gasteiger partial charge on any atom is -0.492 e. The maximum atomic E-state index is 10.1. The molecule has 0 spiro atoms. The number of aromatic nitrogens is 3. The highest BCUT2D eigenvalue weighted by molar-refractivity contribution is 6.20. The zero-order valence-corrected chi connectivity index (χ0v) is 13.6. The molecule has 0 unspecified atom stereocenters. The van der Waals surface area contributed by atoms with Gasteiger partial charge in [-0.3, -0.25) is 0 Å². The van der Waals surface area contributed by atoms with Gasteiger partial charge in [-0.15, -0.1) is 0 Å². The molecule has 0 saturated heterocycles. The first-order valence-electron chi connectivity index (χ1n) is 8.02. The summed E-state index contributed by atoms with van der Waals surface area (Å²) >= 11 is 0. The van der Waals surface area contributed by atoms with Crippen LogP contribution in [0.25, 0.3) is 11.6 Å². The van der Waals surface area contributed by atoms with Gasteiger partial charge in [-0.25, -0.2) is 9.98 Å². The van der Waals surface area contributed by atoms with Gasteiger partial charge in [0.2, 0.25) is 11.8 Å². The summed E-state index contributed by atoms with van der Waals surface area (Å²) in [7, 11) is 0. The van der Waals surface area contributed by atoms with Crippen LogP contribution in [0.2, 0.25) is 0 Å². The molecular weight excluding hydrogens is 314 g/mol. The van der Waals surface area contributed by atoms with Crippen LogP contribution in [0.1, 0.15) is 29.8 Å². The highest BCUT2D eigenvalue weighted by Gasteiger charge is 2.15. The fraction of sp³-hybridized carbons (Fsp3) is 0.105. The van der Waals surface area contributed by atoms with E-state index in [1.165, 1.54) is 0 Å². The number of nitrogens with zero attached hydrogens (tertiary/aromatic N) is 3. The monoisotopic (exact) mass is 331 g/mol. The van der Waals surface area contributed by atoms with Gasteiger partial charge in [0.1, 0.15) is 5.69 Å². The quantitative estimate of drug-likeness (QED) is 0.676. The van der Waals surface area contributed by atoms with E-state index in [1.54, 1.807) is 12.4 Å². The molecule has 2 aromatic heterocycles. The molecular formula is C19H17N5O. The Balaban J connectivity index is 1.58. The lowest BCUT2D eigenvalue weighted by Crippen LogP contribution is -2.07. The zero-order chi connectivity index (χ0) is 17.2. The van der Waals surface area contributed by atoms with Gasteiger partial charge in [-0.2, -0.15) is 4.98 Å². The van der Waals surface area contributed by atoms with E-state index in [0.717, 1.165) is 16.7 Å². The summed E-state index contributed by atoms with van der Waals surface area (Å²) in [5, 5.41) is 13.4. The summed E-state index contributed by atoms with van der Waals surface area (Å²) in [4.78, 5) is 15.7. The Bertz CT molecular complexity index is 959. The number of allylic oxidation sites excluding steroid dienone is 1. The third-order valence-corrected chi connectivity index (χ3v) is 4.09. The van der Waals surface area contributed by atoms with Crippen molar-refractivity contribution in [3.05, 3.63) is 65.5 Å². The van der Waals surface area contributed by atoms with Gasteiger partial charge >= 0.3 is 0 Å². The van der Waals surface area contributed by atoms with E-state index in [-0.39, 0.29) is 11.9 Å². The van der Waals surface area contributed by atoms with Gasteiger partial charge in [0.05, 0.1) is 6.04 Å². The van der Waals surface area contributed by atoms with Crippen LogP contribution in [0.15, 0.2) is 53.7 Å². The van der Waals surface area contributed by atoms with Crippen LogP contribution in [-0.4, -0.2) is 26.3 Å². The van der Waals surface area contributed by atoms with Crippen LogP contribution >= 0.6 is 0 Å². The van der Waals surface area contributed by atoms with Crippen LogP contribution < -0.4 is 5.32 Å². The number of pyridine rings is 1. The number of aliphatic imine (C=N–C) groups is 1. The van der Waals surface area contributed by atoms with Crippen molar-refractivity contribution < 1.29 is 5.11 Å². The molecule has 0 saturated carbocycles. The van der Waals surface area contributed by atoms with Crippen molar-refractivity contribution in [2.75, 3.05) is 5.32 Å². The fourth-order valence-corrected chi connectivity index (χ4v) is 2.77. The lowest BCUT2D eigenvalue weighted by atomic mass is 10.1. The molecule has 1 atom stereocenters. The lowest BCUT2D eigenvalue weighted by Gasteiger charge is -2.12. The molecule has 1 aliphatic rings. The number of aromatic amines is 1. The van der Waals surface area contributed by atoms with Crippen molar-refractivity contribution in [1.82, 2.24) is 15.0 Å².